The van der Waals surface area contributed by atoms with Gasteiger partial charge in [-0.05, 0) is 12.0 Å². The first-order valence-corrected chi connectivity index (χ1v) is 10.8. The Balaban J connectivity index is 1.63. The van der Waals surface area contributed by atoms with Crippen LogP contribution in [0.2, 0.25) is 0 Å². The van der Waals surface area contributed by atoms with E-state index in [-0.39, 0.29) is 23.1 Å². The minimum Gasteiger partial charge on any atom is -0.473 e. The van der Waals surface area contributed by atoms with Gasteiger partial charge in [0.1, 0.15) is 6.61 Å². The van der Waals surface area contributed by atoms with Crippen molar-refractivity contribution in [2.24, 2.45) is 13.0 Å². The Kier molecular flexibility index (Phi) is 6.81. The van der Waals surface area contributed by atoms with Gasteiger partial charge in [0, 0.05) is 25.9 Å². The highest BCUT2D eigenvalue weighted by atomic mass is 19.4. The third kappa shape index (κ3) is 5.64. The fraction of sp³-hybridized carbons (Fsp3) is 0.409. The molecule has 0 aliphatic carbocycles. The van der Waals surface area contributed by atoms with Gasteiger partial charge in [-0.2, -0.15) is 18.3 Å². The van der Waals surface area contributed by atoms with E-state index in [2.05, 4.69) is 20.1 Å². The van der Waals surface area contributed by atoms with Crippen LogP contribution in [0.4, 0.5) is 30.7 Å². The lowest BCUT2D eigenvalue weighted by molar-refractivity contribution is -0.138. The molecule has 0 radical (unpaired) electrons. The Bertz CT molecular complexity index is 1300. The van der Waals surface area contributed by atoms with Crippen molar-refractivity contribution >= 4 is 5.91 Å². The molecular formula is C22H19F7N6O2. The molecule has 1 aliphatic heterocycles. The monoisotopic (exact) mass is 532 g/mol. The van der Waals surface area contributed by atoms with Crippen molar-refractivity contribution in [3.05, 3.63) is 53.7 Å². The molecule has 0 aromatic carbocycles. The standard InChI is InChI=1S/C22H19F7N6O2/c1-11-4-21(25,26)10-35(16(11)9-37-19-15(24)3-12(5-32-19)22(27,28)29)20(36)17-14(8-34(2)33-17)18-30-6-13(23)7-31-18/h3,5-8,11,16H,4,9-10H2,1-2H3/t11-,16?/m1/s1. The molecule has 0 spiro atoms. The summed E-state index contributed by atoms with van der Waals surface area (Å²) in [5.41, 5.74) is -1.56. The summed E-state index contributed by atoms with van der Waals surface area (Å²) in [6, 6.07) is -0.841. The Morgan fingerprint density at radius 3 is 2.46 bits per heavy atom. The molecule has 3 aromatic heterocycles. The molecular weight excluding hydrogens is 513 g/mol. The molecule has 4 heterocycles. The molecule has 198 valence electrons. The van der Waals surface area contributed by atoms with E-state index in [1.807, 2.05) is 0 Å². The number of hydrogen-bond acceptors (Lipinski definition) is 6. The van der Waals surface area contributed by atoms with Crippen LogP contribution in [0.15, 0.2) is 30.9 Å². The van der Waals surface area contributed by atoms with Gasteiger partial charge < -0.3 is 9.64 Å². The number of halogens is 7. The largest absolute Gasteiger partial charge is 0.473 e. The molecule has 1 fully saturated rings. The number of amides is 1. The maximum Gasteiger partial charge on any atom is 0.417 e. The molecule has 3 aromatic rings. The summed E-state index contributed by atoms with van der Waals surface area (Å²) in [6.45, 7) is -0.124. The molecule has 1 aliphatic rings. The van der Waals surface area contributed by atoms with Crippen molar-refractivity contribution in [3.63, 3.8) is 0 Å². The van der Waals surface area contributed by atoms with Gasteiger partial charge in [-0.15, -0.1) is 0 Å². The van der Waals surface area contributed by atoms with E-state index in [1.165, 1.54) is 24.9 Å². The number of aromatic nitrogens is 5. The molecule has 2 atom stereocenters. The number of rotatable bonds is 5. The van der Waals surface area contributed by atoms with E-state index in [9.17, 15) is 35.5 Å². The lowest BCUT2D eigenvalue weighted by Crippen LogP contribution is -2.57. The lowest BCUT2D eigenvalue weighted by atomic mass is 9.88. The van der Waals surface area contributed by atoms with Crippen LogP contribution in [0.5, 0.6) is 5.88 Å². The fourth-order valence-corrected chi connectivity index (χ4v) is 4.07. The van der Waals surface area contributed by atoms with Gasteiger partial charge in [-0.25, -0.2) is 32.5 Å². The Labute approximate surface area is 205 Å². The third-order valence-corrected chi connectivity index (χ3v) is 5.76. The number of hydrogen-bond donors (Lipinski definition) is 0. The Hall–Kier alpha value is -3.78. The lowest BCUT2D eigenvalue weighted by Gasteiger charge is -2.42. The fourth-order valence-electron chi connectivity index (χ4n) is 4.07. The molecule has 37 heavy (non-hydrogen) atoms. The highest BCUT2D eigenvalue weighted by molar-refractivity contribution is 5.98. The first-order chi connectivity index (χ1) is 17.2. The number of likely N-dealkylation sites (tertiary alicyclic amines) is 1. The molecule has 15 heteroatoms. The predicted octanol–water partition coefficient (Wildman–Crippen LogP) is 4.13. The van der Waals surface area contributed by atoms with Crippen molar-refractivity contribution in [1.82, 2.24) is 29.6 Å². The van der Waals surface area contributed by atoms with Crippen LogP contribution in [0, 0.1) is 17.6 Å². The summed E-state index contributed by atoms with van der Waals surface area (Å²) in [7, 11) is 1.47. The number of carbonyl (C=O) groups is 1. The number of nitrogens with zero attached hydrogens (tertiary/aromatic N) is 6. The average Bonchev–Trinajstić information content (AvgIpc) is 3.19. The van der Waals surface area contributed by atoms with Crippen molar-refractivity contribution in [2.45, 2.75) is 31.5 Å². The summed E-state index contributed by atoms with van der Waals surface area (Å²) < 4.78 is 101. The van der Waals surface area contributed by atoms with Gasteiger partial charge in [0.15, 0.2) is 23.2 Å². The topological polar surface area (TPSA) is 86.0 Å². The van der Waals surface area contributed by atoms with Crippen molar-refractivity contribution in [1.29, 1.82) is 0 Å². The molecule has 8 nitrogen and oxygen atoms in total. The first-order valence-electron chi connectivity index (χ1n) is 10.8. The van der Waals surface area contributed by atoms with Crippen LogP contribution in [0.1, 0.15) is 29.4 Å². The average molecular weight is 532 g/mol. The zero-order chi connectivity index (χ0) is 27.1. The van der Waals surface area contributed by atoms with Gasteiger partial charge >= 0.3 is 6.18 Å². The van der Waals surface area contributed by atoms with Crippen LogP contribution in [0.25, 0.3) is 11.4 Å². The SMILES string of the molecule is C[C@@H]1CC(F)(F)CN(C(=O)c2nn(C)cc2-c2ncc(F)cn2)C1COc1ncc(C(F)(F)F)cc1F. The smallest absolute Gasteiger partial charge is 0.417 e. The number of piperidine rings is 1. The van der Waals surface area contributed by atoms with E-state index in [1.54, 1.807) is 0 Å². The van der Waals surface area contributed by atoms with Gasteiger partial charge in [-0.1, -0.05) is 6.92 Å². The Morgan fingerprint density at radius 1 is 1.16 bits per heavy atom. The molecule has 4 rings (SSSR count). The molecule has 0 N–H and O–H groups in total. The predicted molar refractivity (Wildman–Crippen MR) is 112 cm³/mol. The second-order valence-electron chi connectivity index (χ2n) is 8.65. The van der Waals surface area contributed by atoms with Crippen molar-refractivity contribution in [3.8, 4) is 17.3 Å². The second kappa shape index (κ2) is 9.59. The number of carbonyl (C=O) groups excluding carboxylic acids is 1. The zero-order valence-electron chi connectivity index (χ0n) is 19.3. The third-order valence-electron chi connectivity index (χ3n) is 5.76. The van der Waals surface area contributed by atoms with Crippen LogP contribution < -0.4 is 4.74 Å². The summed E-state index contributed by atoms with van der Waals surface area (Å²) in [6.07, 6.45) is -1.98. The van der Waals surface area contributed by atoms with E-state index in [0.717, 1.165) is 17.3 Å². The van der Waals surface area contributed by atoms with Crippen LogP contribution in [-0.4, -0.2) is 60.7 Å². The molecule has 1 amide bonds. The minimum atomic E-state index is -4.83. The minimum absolute atomic E-state index is 0.0594. The molecule has 0 saturated carbocycles. The summed E-state index contributed by atoms with van der Waals surface area (Å²) in [5.74, 6) is -8.05. The van der Waals surface area contributed by atoms with Crippen molar-refractivity contribution < 1.29 is 40.3 Å². The molecule has 1 unspecified atom stereocenters. The highest BCUT2D eigenvalue weighted by Gasteiger charge is 2.47. The van der Waals surface area contributed by atoms with Gasteiger partial charge in [-0.3, -0.25) is 9.48 Å². The second-order valence-corrected chi connectivity index (χ2v) is 8.65. The normalized spacial score (nSPS) is 19.6. The van der Waals surface area contributed by atoms with Crippen LogP contribution >= 0.6 is 0 Å². The number of alkyl halides is 5. The number of aryl methyl sites for hydroxylation is 1. The quantitative estimate of drug-likeness (QED) is 0.460. The van der Waals surface area contributed by atoms with E-state index in [4.69, 9.17) is 4.74 Å². The first kappa shape index (κ1) is 26.3. The molecule has 0 bridgehead atoms. The van der Waals surface area contributed by atoms with Crippen molar-refractivity contribution in [2.75, 3.05) is 13.2 Å². The van der Waals surface area contributed by atoms with Crippen LogP contribution in [0.3, 0.4) is 0 Å². The number of pyridine rings is 1. The summed E-state index contributed by atoms with van der Waals surface area (Å²) in [5, 5.41) is 4.04. The highest BCUT2D eigenvalue weighted by Crippen LogP contribution is 2.36. The van der Waals surface area contributed by atoms with E-state index >= 15 is 0 Å². The summed E-state index contributed by atoms with van der Waals surface area (Å²) >= 11 is 0. The zero-order valence-corrected chi connectivity index (χ0v) is 19.3. The maximum atomic E-state index is 14.5. The van der Waals surface area contributed by atoms with E-state index < -0.39 is 72.6 Å². The summed E-state index contributed by atoms with van der Waals surface area (Å²) in [4.78, 5) is 25.2. The maximum absolute atomic E-state index is 14.5. The molecule has 1 saturated heterocycles. The van der Waals surface area contributed by atoms with Crippen LogP contribution in [-0.2, 0) is 13.2 Å². The number of ether oxygens (including phenoxy) is 1. The Morgan fingerprint density at radius 2 is 1.84 bits per heavy atom. The van der Waals surface area contributed by atoms with Gasteiger partial charge in [0.25, 0.3) is 11.8 Å². The van der Waals surface area contributed by atoms with Gasteiger partial charge in [0.05, 0.1) is 36.1 Å². The van der Waals surface area contributed by atoms with Gasteiger partial charge in [0.2, 0.25) is 5.88 Å². The van der Waals surface area contributed by atoms with E-state index in [0.29, 0.717) is 6.20 Å².